The lowest BCUT2D eigenvalue weighted by Gasteiger charge is -2.35. The fourth-order valence-electron chi connectivity index (χ4n) is 3.17. The number of carbonyl (C=O) groups excluding carboxylic acids is 2. The second-order valence-corrected chi connectivity index (χ2v) is 6.44. The van der Waals surface area contributed by atoms with Crippen molar-refractivity contribution < 1.29 is 9.59 Å². The van der Waals surface area contributed by atoms with Crippen LogP contribution in [0.25, 0.3) is 0 Å². The molecule has 0 aromatic heterocycles. The van der Waals surface area contributed by atoms with Gasteiger partial charge in [0.2, 0.25) is 11.8 Å². The second kappa shape index (κ2) is 6.48. The number of fused-ring (bicyclic) bond motifs is 1. The van der Waals surface area contributed by atoms with Crippen molar-refractivity contribution in [1.29, 1.82) is 0 Å². The third-order valence-electron chi connectivity index (χ3n) is 4.61. The summed E-state index contributed by atoms with van der Waals surface area (Å²) >= 11 is 0. The lowest BCUT2D eigenvalue weighted by Crippen LogP contribution is -2.50. The number of hydrogen-bond acceptors (Lipinski definition) is 2. The maximum atomic E-state index is 12.9. The van der Waals surface area contributed by atoms with Crippen molar-refractivity contribution in [2.75, 3.05) is 5.32 Å². The Hall–Kier alpha value is -2.62. The highest BCUT2D eigenvalue weighted by Crippen LogP contribution is 2.25. The standard InChI is InChI=1S/C20H22N2O2/c1-13-8-9-14(2)18(10-13)21-20(24)19-11-16-6-4-5-7-17(16)12-22(19)15(3)23/h4-10,19H,11-12H2,1-3H3,(H,21,24)/t19-/m0/s1. The molecule has 0 bridgehead atoms. The molecule has 0 unspecified atom stereocenters. The summed E-state index contributed by atoms with van der Waals surface area (Å²) in [6, 6.07) is 13.5. The molecule has 0 radical (unpaired) electrons. The third kappa shape index (κ3) is 3.18. The van der Waals surface area contributed by atoms with E-state index in [-0.39, 0.29) is 11.8 Å². The molecule has 3 rings (SSSR count). The normalized spacial score (nSPS) is 16.5. The molecule has 2 aromatic carbocycles. The van der Waals surface area contributed by atoms with Crippen LogP contribution in [-0.4, -0.2) is 22.8 Å². The van der Waals surface area contributed by atoms with Gasteiger partial charge in [-0.1, -0.05) is 36.4 Å². The van der Waals surface area contributed by atoms with Crippen LogP contribution in [0, 0.1) is 13.8 Å². The van der Waals surface area contributed by atoms with E-state index in [0.29, 0.717) is 13.0 Å². The van der Waals surface area contributed by atoms with Crippen molar-refractivity contribution in [1.82, 2.24) is 4.90 Å². The van der Waals surface area contributed by atoms with E-state index in [0.717, 1.165) is 27.9 Å². The first-order chi connectivity index (χ1) is 11.5. The molecule has 1 aliphatic rings. The second-order valence-electron chi connectivity index (χ2n) is 6.44. The van der Waals surface area contributed by atoms with Gasteiger partial charge in [-0.15, -0.1) is 0 Å². The Labute approximate surface area is 142 Å². The van der Waals surface area contributed by atoms with E-state index in [1.165, 1.54) is 6.92 Å². The van der Waals surface area contributed by atoms with E-state index in [9.17, 15) is 9.59 Å². The Kier molecular flexibility index (Phi) is 4.38. The molecule has 1 atom stereocenters. The number of aryl methyl sites for hydroxylation is 2. The highest BCUT2D eigenvalue weighted by molar-refractivity contribution is 5.98. The van der Waals surface area contributed by atoms with Gasteiger partial charge in [-0.2, -0.15) is 0 Å². The Bertz CT molecular complexity index is 798. The van der Waals surface area contributed by atoms with Crippen LogP contribution in [0.3, 0.4) is 0 Å². The molecule has 0 fully saturated rings. The Morgan fingerprint density at radius 2 is 1.79 bits per heavy atom. The number of amides is 2. The predicted molar refractivity (Wildman–Crippen MR) is 94.7 cm³/mol. The molecule has 0 spiro atoms. The Morgan fingerprint density at radius 3 is 2.50 bits per heavy atom. The first-order valence-electron chi connectivity index (χ1n) is 8.18. The van der Waals surface area contributed by atoms with Crippen molar-refractivity contribution >= 4 is 17.5 Å². The molecular formula is C20H22N2O2. The van der Waals surface area contributed by atoms with Crippen LogP contribution in [-0.2, 0) is 22.6 Å². The zero-order chi connectivity index (χ0) is 17.3. The monoisotopic (exact) mass is 322 g/mol. The van der Waals surface area contributed by atoms with Crippen LogP contribution in [0.15, 0.2) is 42.5 Å². The maximum absolute atomic E-state index is 12.9. The quantitative estimate of drug-likeness (QED) is 0.923. The molecule has 24 heavy (non-hydrogen) atoms. The summed E-state index contributed by atoms with van der Waals surface area (Å²) < 4.78 is 0. The van der Waals surface area contributed by atoms with Crippen LogP contribution in [0.5, 0.6) is 0 Å². The summed E-state index contributed by atoms with van der Waals surface area (Å²) in [6.07, 6.45) is 0.548. The minimum absolute atomic E-state index is 0.0781. The smallest absolute Gasteiger partial charge is 0.247 e. The summed E-state index contributed by atoms with van der Waals surface area (Å²) in [6.45, 7) is 5.96. The predicted octanol–water partition coefficient (Wildman–Crippen LogP) is 3.22. The number of nitrogens with one attached hydrogen (secondary N) is 1. The number of carbonyl (C=O) groups is 2. The van der Waals surface area contributed by atoms with Gasteiger partial charge in [-0.3, -0.25) is 9.59 Å². The SMILES string of the molecule is CC(=O)N1Cc2ccccc2C[C@H]1C(=O)Nc1cc(C)ccc1C. The molecule has 4 nitrogen and oxygen atoms in total. The van der Waals surface area contributed by atoms with Crippen LogP contribution in [0.4, 0.5) is 5.69 Å². The molecular weight excluding hydrogens is 300 g/mol. The highest BCUT2D eigenvalue weighted by atomic mass is 16.2. The Morgan fingerprint density at radius 1 is 1.08 bits per heavy atom. The summed E-state index contributed by atoms with van der Waals surface area (Å²) in [7, 11) is 0. The van der Waals surface area contributed by atoms with Gasteiger partial charge < -0.3 is 10.2 Å². The molecule has 0 saturated heterocycles. The molecule has 1 aliphatic heterocycles. The molecule has 2 amide bonds. The number of benzene rings is 2. The van der Waals surface area contributed by atoms with Crippen molar-refractivity contribution in [2.24, 2.45) is 0 Å². The summed E-state index contributed by atoms with van der Waals surface area (Å²) in [5.74, 6) is -0.209. The van der Waals surface area contributed by atoms with Gasteiger partial charge in [0, 0.05) is 25.6 Å². The fraction of sp³-hybridized carbons (Fsp3) is 0.300. The first-order valence-corrected chi connectivity index (χ1v) is 8.18. The zero-order valence-corrected chi connectivity index (χ0v) is 14.3. The van der Waals surface area contributed by atoms with Gasteiger partial charge in [0.1, 0.15) is 6.04 Å². The van der Waals surface area contributed by atoms with E-state index in [1.807, 2.05) is 56.3 Å². The third-order valence-corrected chi connectivity index (χ3v) is 4.61. The number of anilines is 1. The summed E-state index contributed by atoms with van der Waals surface area (Å²) in [4.78, 5) is 26.5. The van der Waals surface area contributed by atoms with Gasteiger partial charge in [-0.05, 0) is 42.2 Å². The Balaban J connectivity index is 1.87. The molecule has 1 N–H and O–H groups in total. The van der Waals surface area contributed by atoms with Gasteiger partial charge in [0.05, 0.1) is 0 Å². The summed E-state index contributed by atoms with van der Waals surface area (Å²) in [5.41, 5.74) is 5.16. The minimum Gasteiger partial charge on any atom is -0.326 e. The van der Waals surface area contributed by atoms with Gasteiger partial charge in [-0.25, -0.2) is 0 Å². The lowest BCUT2D eigenvalue weighted by molar-refractivity contribution is -0.138. The van der Waals surface area contributed by atoms with Crippen LogP contribution < -0.4 is 5.32 Å². The van der Waals surface area contributed by atoms with Crippen LogP contribution in [0.1, 0.15) is 29.2 Å². The fourth-order valence-corrected chi connectivity index (χ4v) is 3.17. The van der Waals surface area contributed by atoms with Crippen molar-refractivity contribution in [2.45, 2.75) is 39.8 Å². The van der Waals surface area contributed by atoms with E-state index in [1.54, 1.807) is 4.90 Å². The van der Waals surface area contributed by atoms with Crippen LogP contribution in [0.2, 0.25) is 0 Å². The number of rotatable bonds is 2. The number of hydrogen-bond donors (Lipinski definition) is 1. The van der Waals surface area contributed by atoms with Gasteiger partial charge in [0.15, 0.2) is 0 Å². The van der Waals surface area contributed by atoms with Crippen molar-refractivity contribution in [3.8, 4) is 0 Å². The molecule has 1 heterocycles. The molecule has 2 aromatic rings. The van der Waals surface area contributed by atoms with Crippen LogP contribution >= 0.6 is 0 Å². The maximum Gasteiger partial charge on any atom is 0.247 e. The zero-order valence-electron chi connectivity index (χ0n) is 14.3. The average molecular weight is 322 g/mol. The molecule has 124 valence electrons. The van der Waals surface area contributed by atoms with Crippen molar-refractivity contribution in [3.05, 3.63) is 64.7 Å². The van der Waals surface area contributed by atoms with E-state index in [4.69, 9.17) is 0 Å². The molecule has 4 heteroatoms. The van der Waals surface area contributed by atoms with E-state index in [2.05, 4.69) is 5.32 Å². The van der Waals surface area contributed by atoms with Crippen molar-refractivity contribution in [3.63, 3.8) is 0 Å². The van der Waals surface area contributed by atoms with Gasteiger partial charge in [0.25, 0.3) is 0 Å². The first kappa shape index (κ1) is 16.2. The molecule has 0 saturated carbocycles. The average Bonchev–Trinajstić information content (AvgIpc) is 2.56. The summed E-state index contributed by atoms with van der Waals surface area (Å²) in [5, 5.41) is 3.00. The lowest BCUT2D eigenvalue weighted by atomic mass is 9.93. The largest absolute Gasteiger partial charge is 0.326 e. The minimum atomic E-state index is -0.475. The van der Waals surface area contributed by atoms with Gasteiger partial charge >= 0.3 is 0 Å². The number of nitrogens with zero attached hydrogens (tertiary/aromatic N) is 1. The molecule has 0 aliphatic carbocycles. The topological polar surface area (TPSA) is 49.4 Å². The van der Waals surface area contributed by atoms with E-state index < -0.39 is 6.04 Å². The van der Waals surface area contributed by atoms with E-state index >= 15 is 0 Å². The highest BCUT2D eigenvalue weighted by Gasteiger charge is 2.33.